The molecule has 2 saturated carbocycles. The summed E-state index contributed by atoms with van der Waals surface area (Å²) in [5.74, 6) is -1.37. The van der Waals surface area contributed by atoms with Gasteiger partial charge in [-0.25, -0.2) is 8.78 Å². The van der Waals surface area contributed by atoms with Crippen molar-refractivity contribution in [1.82, 2.24) is 19.4 Å². The van der Waals surface area contributed by atoms with Gasteiger partial charge in [0.25, 0.3) is 11.5 Å². The second kappa shape index (κ2) is 9.93. The van der Waals surface area contributed by atoms with Crippen LogP contribution in [-0.4, -0.2) is 38.4 Å². The molecule has 0 radical (unpaired) electrons. The van der Waals surface area contributed by atoms with Crippen LogP contribution in [0.5, 0.6) is 0 Å². The molecule has 2 fully saturated rings. The van der Waals surface area contributed by atoms with Crippen LogP contribution in [0, 0.1) is 25.5 Å². The monoisotopic (exact) mass is 560 g/mol. The molecule has 0 unspecified atom stereocenters. The number of aryl methyl sites for hydroxylation is 2. The number of rotatable bonds is 6. The first-order valence-corrected chi connectivity index (χ1v) is 13.6. The number of benzene rings is 1. The lowest BCUT2D eigenvalue weighted by molar-refractivity contribution is 0.0780. The minimum absolute atomic E-state index is 0.00519. The van der Waals surface area contributed by atoms with E-state index in [9.17, 15) is 14.0 Å². The Morgan fingerprint density at radius 3 is 2.58 bits per heavy atom. The van der Waals surface area contributed by atoms with Gasteiger partial charge in [0.05, 0.1) is 23.1 Å². The Balaban J connectivity index is 1.37. The summed E-state index contributed by atoms with van der Waals surface area (Å²) in [5, 5.41) is 0.0992. The molecule has 6 rings (SSSR count). The second-order valence-electron chi connectivity index (χ2n) is 10.8. The molecule has 0 spiro atoms. The molecule has 40 heavy (non-hydrogen) atoms. The van der Waals surface area contributed by atoms with Gasteiger partial charge in [-0.2, -0.15) is 0 Å². The van der Waals surface area contributed by atoms with Crippen LogP contribution in [0.2, 0.25) is 5.02 Å². The largest absolute Gasteiger partial charge is 0.339 e. The zero-order valence-corrected chi connectivity index (χ0v) is 23.0. The van der Waals surface area contributed by atoms with Gasteiger partial charge in [-0.1, -0.05) is 17.7 Å². The molecule has 1 amide bonds. The van der Waals surface area contributed by atoms with Crippen molar-refractivity contribution in [3.8, 4) is 16.9 Å². The molecule has 2 atom stereocenters. The lowest BCUT2D eigenvalue weighted by Gasteiger charge is -2.18. The van der Waals surface area contributed by atoms with E-state index in [-0.39, 0.29) is 39.9 Å². The smallest absolute Gasteiger partial charge is 0.274 e. The molecule has 0 aliphatic heterocycles. The summed E-state index contributed by atoms with van der Waals surface area (Å²) in [7, 11) is 1.69. The minimum Gasteiger partial charge on any atom is -0.339 e. The molecule has 2 aliphatic rings. The van der Waals surface area contributed by atoms with Crippen LogP contribution >= 0.6 is 11.6 Å². The third kappa shape index (κ3) is 4.60. The van der Waals surface area contributed by atoms with Gasteiger partial charge in [0.1, 0.15) is 16.7 Å². The summed E-state index contributed by atoms with van der Waals surface area (Å²) in [6.45, 7) is 3.63. The van der Waals surface area contributed by atoms with Crippen molar-refractivity contribution >= 4 is 17.5 Å². The van der Waals surface area contributed by atoms with Gasteiger partial charge in [0, 0.05) is 36.7 Å². The normalized spacial score (nSPS) is 18.1. The molecule has 2 aliphatic carbocycles. The van der Waals surface area contributed by atoms with Gasteiger partial charge >= 0.3 is 0 Å². The third-order valence-electron chi connectivity index (χ3n) is 7.94. The van der Waals surface area contributed by atoms with E-state index in [0.29, 0.717) is 22.6 Å². The van der Waals surface area contributed by atoms with E-state index in [4.69, 9.17) is 11.6 Å². The van der Waals surface area contributed by atoms with Crippen LogP contribution in [0.25, 0.3) is 16.9 Å². The maximum Gasteiger partial charge on any atom is 0.274 e. The van der Waals surface area contributed by atoms with Crippen molar-refractivity contribution < 1.29 is 13.6 Å². The Morgan fingerprint density at radius 1 is 1.07 bits per heavy atom. The lowest BCUT2D eigenvalue weighted by atomic mass is 10.0. The molecule has 6 nitrogen and oxygen atoms in total. The summed E-state index contributed by atoms with van der Waals surface area (Å²) >= 11 is 6.65. The van der Waals surface area contributed by atoms with Crippen LogP contribution in [0.15, 0.2) is 59.8 Å². The van der Waals surface area contributed by atoms with E-state index in [1.165, 1.54) is 16.7 Å². The molecule has 0 bridgehead atoms. The van der Waals surface area contributed by atoms with Crippen LogP contribution in [-0.2, 0) is 0 Å². The topological polar surface area (TPSA) is 68.1 Å². The van der Waals surface area contributed by atoms with Crippen molar-refractivity contribution in [2.45, 2.75) is 51.0 Å². The Bertz CT molecular complexity index is 1730. The average Bonchev–Trinajstić information content (AvgIpc) is 3.86. The number of hydrogen-bond donors (Lipinski definition) is 0. The average molecular weight is 561 g/mol. The third-order valence-corrected chi connectivity index (χ3v) is 8.32. The molecule has 0 saturated heterocycles. The predicted molar refractivity (Wildman–Crippen MR) is 149 cm³/mol. The Morgan fingerprint density at radius 2 is 1.85 bits per heavy atom. The Labute approximate surface area is 235 Å². The molecule has 9 heteroatoms. The number of aromatic nitrogens is 3. The number of nitrogens with zero attached hydrogens (tertiary/aromatic N) is 4. The maximum atomic E-state index is 15.7. The van der Waals surface area contributed by atoms with E-state index >= 15 is 4.39 Å². The fourth-order valence-electron chi connectivity index (χ4n) is 5.46. The molecule has 3 aromatic heterocycles. The summed E-state index contributed by atoms with van der Waals surface area (Å²) in [6, 6.07) is 9.84. The van der Waals surface area contributed by atoms with Crippen LogP contribution in [0.1, 0.15) is 63.8 Å². The molecular weight excluding hydrogens is 534 g/mol. The molecule has 4 aromatic rings. The number of hydrogen-bond acceptors (Lipinski definition) is 4. The van der Waals surface area contributed by atoms with Crippen molar-refractivity contribution in [1.29, 1.82) is 0 Å². The predicted octanol–water partition coefficient (Wildman–Crippen LogP) is 6.35. The van der Waals surface area contributed by atoms with Crippen LogP contribution in [0.4, 0.5) is 8.78 Å². The molecule has 204 valence electrons. The van der Waals surface area contributed by atoms with Gasteiger partial charge in [-0.05, 0) is 92.0 Å². The summed E-state index contributed by atoms with van der Waals surface area (Å²) < 4.78 is 30.8. The summed E-state index contributed by atoms with van der Waals surface area (Å²) in [5.41, 5.74) is 3.45. The van der Waals surface area contributed by atoms with Gasteiger partial charge in [-0.15, -0.1) is 0 Å². The number of pyridine rings is 3. The van der Waals surface area contributed by atoms with E-state index < -0.39 is 17.2 Å². The van der Waals surface area contributed by atoms with Gasteiger partial charge in [0.15, 0.2) is 0 Å². The second-order valence-corrected chi connectivity index (χ2v) is 11.1. The van der Waals surface area contributed by atoms with E-state index in [1.54, 1.807) is 42.5 Å². The van der Waals surface area contributed by atoms with Crippen LogP contribution < -0.4 is 5.56 Å². The number of amides is 1. The van der Waals surface area contributed by atoms with Gasteiger partial charge < -0.3 is 4.90 Å². The summed E-state index contributed by atoms with van der Waals surface area (Å²) in [6.07, 6.45) is 6.98. The van der Waals surface area contributed by atoms with Crippen LogP contribution in [0.3, 0.4) is 0 Å². The van der Waals surface area contributed by atoms with Crippen molar-refractivity contribution in [2.24, 2.45) is 0 Å². The molecular formula is C31H27ClF2N4O2. The van der Waals surface area contributed by atoms with Crippen molar-refractivity contribution in [2.75, 3.05) is 7.05 Å². The van der Waals surface area contributed by atoms with Crippen molar-refractivity contribution in [3.05, 3.63) is 110 Å². The zero-order chi connectivity index (χ0) is 28.3. The minimum atomic E-state index is -0.647. The quantitative estimate of drug-likeness (QED) is 0.276. The first-order valence-electron chi connectivity index (χ1n) is 13.2. The summed E-state index contributed by atoms with van der Waals surface area (Å²) in [4.78, 5) is 36.5. The van der Waals surface area contributed by atoms with Gasteiger partial charge in [-0.3, -0.25) is 24.1 Å². The highest BCUT2D eigenvalue weighted by molar-refractivity contribution is 6.31. The Kier molecular flexibility index (Phi) is 6.53. The standard InChI is InChI=1S/C31H27ClF2N4O2/c1-16-13-36-26(21-5-4-6-22(29(21)34)30(39)37(3)20-7-8-20)12-27(16)38-17(2)9-25(28(32)31(38)40)24-11-23(24)18-10-19(33)15-35-14-18/h4-6,9-10,12-15,20,23-24H,7-8,11H2,1-3H3/t23-,24+/m1/s1. The molecule has 3 heterocycles. The first-order chi connectivity index (χ1) is 19.2. The maximum absolute atomic E-state index is 15.7. The van der Waals surface area contributed by atoms with Gasteiger partial charge in [0.2, 0.25) is 0 Å². The molecule has 0 N–H and O–H groups in total. The zero-order valence-electron chi connectivity index (χ0n) is 22.3. The SMILES string of the molecule is Cc1cnc(-c2cccc(C(=O)N(C)C3CC3)c2F)cc1-n1c(C)cc([C@H]2C[C@@H]2c2cncc(F)c2)c(Cl)c1=O. The number of carbonyl (C=O) groups excluding carboxylic acids is 1. The number of carbonyl (C=O) groups is 1. The first kappa shape index (κ1) is 26.3. The fraction of sp³-hybridized carbons (Fsp3) is 0.290. The van der Waals surface area contributed by atoms with E-state index in [1.807, 2.05) is 19.9 Å². The fourth-order valence-corrected chi connectivity index (χ4v) is 5.74. The van der Waals surface area contributed by atoms with E-state index in [2.05, 4.69) is 9.97 Å². The highest BCUT2D eigenvalue weighted by atomic mass is 35.5. The van der Waals surface area contributed by atoms with Crippen molar-refractivity contribution in [3.63, 3.8) is 0 Å². The lowest BCUT2D eigenvalue weighted by Crippen LogP contribution is -2.29. The Hall–Kier alpha value is -3.91. The highest BCUT2D eigenvalue weighted by Gasteiger charge is 2.42. The highest BCUT2D eigenvalue weighted by Crippen LogP contribution is 2.55. The molecule has 1 aromatic carbocycles. The number of halogens is 3. The van der Waals surface area contributed by atoms with E-state index in [0.717, 1.165) is 36.6 Å².